The third-order valence-electron chi connectivity index (χ3n) is 6.98. The van der Waals surface area contributed by atoms with Crippen molar-refractivity contribution < 1.29 is 9.84 Å². The first-order valence-corrected chi connectivity index (χ1v) is 12.2. The predicted molar refractivity (Wildman–Crippen MR) is 136 cm³/mol. The SMILES string of the molecule is Cc1ccccc1.N#Cc1ccc2c(C3CCCCC3)c3n(c2c1)CCOc1cc(O)ccc1-3. The van der Waals surface area contributed by atoms with Gasteiger partial charge in [-0.15, -0.1) is 0 Å². The molecule has 0 bridgehead atoms. The molecule has 1 aliphatic heterocycles. The lowest BCUT2D eigenvalue weighted by atomic mass is 9.81. The summed E-state index contributed by atoms with van der Waals surface area (Å²) in [6.07, 6.45) is 6.27. The summed E-state index contributed by atoms with van der Waals surface area (Å²) < 4.78 is 8.29. The normalized spacial score (nSPS) is 15.2. The molecule has 0 spiro atoms. The Balaban J connectivity index is 0.000000297. The number of aromatic nitrogens is 1. The molecule has 0 amide bonds. The van der Waals surface area contributed by atoms with Gasteiger partial charge in [0.2, 0.25) is 0 Å². The van der Waals surface area contributed by atoms with Crippen molar-refractivity contribution in [3.63, 3.8) is 0 Å². The van der Waals surface area contributed by atoms with Crippen LogP contribution in [0.5, 0.6) is 11.5 Å². The van der Waals surface area contributed by atoms with E-state index in [9.17, 15) is 10.4 Å². The smallest absolute Gasteiger partial charge is 0.132 e. The molecule has 6 rings (SSSR count). The number of hydrogen-bond donors (Lipinski definition) is 1. The van der Waals surface area contributed by atoms with E-state index in [1.807, 2.05) is 36.4 Å². The van der Waals surface area contributed by atoms with Gasteiger partial charge in [0.05, 0.1) is 29.4 Å². The first-order valence-electron chi connectivity index (χ1n) is 12.2. The van der Waals surface area contributed by atoms with Crippen LogP contribution in [0, 0.1) is 18.3 Å². The second-order valence-electron chi connectivity index (χ2n) is 9.28. The second kappa shape index (κ2) is 9.65. The first kappa shape index (κ1) is 22.1. The van der Waals surface area contributed by atoms with Crippen molar-refractivity contribution >= 4 is 10.9 Å². The van der Waals surface area contributed by atoms with Crippen LogP contribution in [-0.2, 0) is 6.54 Å². The third kappa shape index (κ3) is 4.26. The first-order chi connectivity index (χ1) is 16.7. The summed E-state index contributed by atoms with van der Waals surface area (Å²) >= 11 is 0. The van der Waals surface area contributed by atoms with Crippen LogP contribution in [0.4, 0.5) is 0 Å². The Morgan fingerprint density at radius 2 is 1.76 bits per heavy atom. The molecule has 2 heterocycles. The van der Waals surface area contributed by atoms with E-state index in [4.69, 9.17) is 4.74 Å². The van der Waals surface area contributed by atoms with Gasteiger partial charge in [0.1, 0.15) is 18.1 Å². The highest BCUT2D eigenvalue weighted by Crippen LogP contribution is 2.47. The Bertz CT molecular complexity index is 1340. The fraction of sp³-hybridized carbons (Fsp3) is 0.300. The fourth-order valence-corrected chi connectivity index (χ4v) is 5.38. The lowest BCUT2D eigenvalue weighted by Gasteiger charge is -2.23. The maximum Gasteiger partial charge on any atom is 0.132 e. The maximum atomic E-state index is 9.93. The summed E-state index contributed by atoms with van der Waals surface area (Å²) in [5.41, 5.74) is 6.78. The Morgan fingerprint density at radius 1 is 0.971 bits per heavy atom. The molecule has 34 heavy (non-hydrogen) atoms. The van der Waals surface area contributed by atoms with Gasteiger partial charge in [0.15, 0.2) is 0 Å². The summed E-state index contributed by atoms with van der Waals surface area (Å²) in [6, 6.07) is 24.0. The zero-order valence-electron chi connectivity index (χ0n) is 19.6. The zero-order valence-corrected chi connectivity index (χ0v) is 19.6. The van der Waals surface area contributed by atoms with Crippen LogP contribution in [0.2, 0.25) is 0 Å². The van der Waals surface area contributed by atoms with E-state index in [-0.39, 0.29) is 5.75 Å². The van der Waals surface area contributed by atoms with Crippen LogP contribution in [0.25, 0.3) is 22.2 Å². The summed E-state index contributed by atoms with van der Waals surface area (Å²) in [6.45, 7) is 3.37. The Morgan fingerprint density at radius 3 is 2.47 bits per heavy atom. The van der Waals surface area contributed by atoms with E-state index in [0.717, 1.165) is 23.4 Å². The van der Waals surface area contributed by atoms with Gasteiger partial charge in [-0.25, -0.2) is 0 Å². The van der Waals surface area contributed by atoms with Crippen LogP contribution >= 0.6 is 0 Å². The van der Waals surface area contributed by atoms with Crippen molar-refractivity contribution in [1.29, 1.82) is 5.26 Å². The molecular formula is C30H30N2O2. The van der Waals surface area contributed by atoms with Crippen molar-refractivity contribution in [2.75, 3.05) is 6.61 Å². The molecule has 1 fully saturated rings. The molecule has 1 aliphatic carbocycles. The standard InChI is InChI=1S/C23H22N2O2.C7H8/c24-14-15-6-8-18-20(12-15)25-10-11-27-21-13-17(26)7-9-19(21)23(25)22(18)16-4-2-1-3-5-16;1-7-5-3-2-4-6-7/h6-9,12-13,16,26H,1-5,10-11H2;2-6H,1H3. The van der Waals surface area contributed by atoms with Crippen molar-refractivity contribution in [3.8, 4) is 28.8 Å². The average molecular weight is 451 g/mol. The average Bonchev–Trinajstić information content (AvgIpc) is 3.07. The number of fused-ring (bicyclic) bond motifs is 5. The number of hydrogen-bond acceptors (Lipinski definition) is 3. The quantitative estimate of drug-likeness (QED) is 0.330. The van der Waals surface area contributed by atoms with Crippen LogP contribution < -0.4 is 4.74 Å². The number of rotatable bonds is 1. The topological polar surface area (TPSA) is 58.2 Å². The molecule has 3 aromatic carbocycles. The number of aromatic hydroxyl groups is 1. The molecule has 1 saturated carbocycles. The maximum absolute atomic E-state index is 9.93. The Hall–Kier alpha value is -3.71. The number of ether oxygens (including phenoxy) is 1. The number of aryl methyl sites for hydroxylation is 1. The molecule has 1 N–H and O–H groups in total. The molecule has 4 aromatic rings. The van der Waals surface area contributed by atoms with Crippen LogP contribution in [0.1, 0.15) is 54.7 Å². The molecule has 1 aromatic heterocycles. The van der Waals surface area contributed by atoms with Gasteiger partial charge in [-0.05, 0) is 55.5 Å². The largest absolute Gasteiger partial charge is 0.508 e. The van der Waals surface area contributed by atoms with Crippen LogP contribution in [0.3, 0.4) is 0 Å². The minimum absolute atomic E-state index is 0.226. The third-order valence-corrected chi connectivity index (χ3v) is 6.98. The van der Waals surface area contributed by atoms with Gasteiger partial charge in [0, 0.05) is 17.0 Å². The van der Waals surface area contributed by atoms with Crippen LogP contribution in [-0.4, -0.2) is 16.3 Å². The van der Waals surface area contributed by atoms with Gasteiger partial charge in [-0.3, -0.25) is 0 Å². The summed E-state index contributed by atoms with van der Waals surface area (Å²) in [7, 11) is 0. The number of nitriles is 1. The van der Waals surface area contributed by atoms with Gasteiger partial charge in [-0.2, -0.15) is 5.26 Å². The number of phenolic OH excluding ortho intramolecular Hbond substituents is 1. The van der Waals surface area contributed by atoms with E-state index < -0.39 is 0 Å². The molecular weight excluding hydrogens is 420 g/mol. The van der Waals surface area contributed by atoms with Crippen molar-refractivity contribution in [2.24, 2.45) is 0 Å². The van der Waals surface area contributed by atoms with E-state index in [1.54, 1.807) is 12.1 Å². The van der Waals surface area contributed by atoms with E-state index in [1.165, 1.54) is 54.3 Å². The van der Waals surface area contributed by atoms with Gasteiger partial charge >= 0.3 is 0 Å². The lowest BCUT2D eigenvalue weighted by molar-refractivity contribution is 0.307. The number of nitrogens with zero attached hydrogens (tertiary/aromatic N) is 2. The molecule has 0 unspecified atom stereocenters. The second-order valence-corrected chi connectivity index (χ2v) is 9.28. The Kier molecular flexibility index (Phi) is 6.27. The minimum Gasteiger partial charge on any atom is -0.508 e. The highest BCUT2D eigenvalue weighted by Gasteiger charge is 2.29. The molecule has 0 saturated heterocycles. The fourth-order valence-electron chi connectivity index (χ4n) is 5.38. The molecule has 2 aliphatic rings. The van der Waals surface area contributed by atoms with Crippen molar-refractivity contribution in [1.82, 2.24) is 4.57 Å². The minimum atomic E-state index is 0.226. The lowest BCUT2D eigenvalue weighted by Crippen LogP contribution is -2.07. The highest BCUT2D eigenvalue weighted by molar-refractivity contribution is 5.94. The van der Waals surface area contributed by atoms with E-state index >= 15 is 0 Å². The molecule has 0 atom stereocenters. The van der Waals surface area contributed by atoms with E-state index in [2.05, 4.69) is 35.8 Å². The number of phenols is 1. The summed E-state index contributed by atoms with van der Waals surface area (Å²) in [5, 5.41) is 20.6. The summed E-state index contributed by atoms with van der Waals surface area (Å²) in [4.78, 5) is 0. The monoisotopic (exact) mass is 450 g/mol. The Labute approximate surface area is 201 Å². The van der Waals surface area contributed by atoms with E-state index in [0.29, 0.717) is 18.1 Å². The molecule has 4 nitrogen and oxygen atoms in total. The van der Waals surface area contributed by atoms with Gasteiger partial charge in [-0.1, -0.05) is 61.2 Å². The zero-order chi connectivity index (χ0) is 23.5. The van der Waals surface area contributed by atoms with Crippen LogP contribution in [0.15, 0.2) is 66.7 Å². The van der Waals surface area contributed by atoms with Crippen molar-refractivity contribution in [2.45, 2.75) is 51.5 Å². The molecule has 172 valence electrons. The van der Waals surface area contributed by atoms with Gasteiger partial charge < -0.3 is 14.4 Å². The number of benzene rings is 3. The predicted octanol–water partition coefficient (Wildman–Crippen LogP) is 7.32. The van der Waals surface area contributed by atoms with Gasteiger partial charge in [0.25, 0.3) is 0 Å². The summed E-state index contributed by atoms with van der Waals surface area (Å²) in [5.74, 6) is 1.50. The molecule has 4 heteroatoms. The highest BCUT2D eigenvalue weighted by atomic mass is 16.5. The molecule has 0 radical (unpaired) electrons. The van der Waals surface area contributed by atoms with Crippen molar-refractivity contribution in [3.05, 3.63) is 83.4 Å².